The van der Waals surface area contributed by atoms with Crippen LogP contribution in [0, 0.1) is 0 Å². The summed E-state index contributed by atoms with van der Waals surface area (Å²) in [6.45, 7) is 0.652. The lowest BCUT2D eigenvalue weighted by atomic mass is 10.1. The van der Waals surface area contributed by atoms with Crippen LogP contribution in [0.15, 0.2) is 46.9 Å². The van der Waals surface area contributed by atoms with Gasteiger partial charge in [-0.15, -0.1) is 0 Å². The summed E-state index contributed by atoms with van der Waals surface area (Å²) in [6, 6.07) is 13.0. The molecule has 0 amide bonds. The molecule has 3 nitrogen and oxygen atoms in total. The van der Waals surface area contributed by atoms with Gasteiger partial charge in [-0.1, -0.05) is 23.7 Å². The van der Waals surface area contributed by atoms with E-state index in [1.54, 1.807) is 12.1 Å². The molecule has 0 aliphatic carbocycles. The Balaban J connectivity index is 2.00. The number of hydrogen-bond acceptors (Lipinski definition) is 3. The SMILES string of the molecule is COC(=O)c1ccc(CNc2ccc(Br)c(Cl)c2)cc1. The number of carbonyl (C=O) groups is 1. The van der Waals surface area contributed by atoms with Crippen LogP contribution in [-0.4, -0.2) is 13.1 Å². The van der Waals surface area contributed by atoms with E-state index < -0.39 is 0 Å². The topological polar surface area (TPSA) is 38.3 Å². The zero-order valence-electron chi connectivity index (χ0n) is 10.8. The third-order valence-electron chi connectivity index (χ3n) is 2.79. The van der Waals surface area contributed by atoms with E-state index in [1.807, 2.05) is 30.3 Å². The lowest BCUT2D eigenvalue weighted by Crippen LogP contribution is -2.03. The summed E-state index contributed by atoms with van der Waals surface area (Å²) in [5.74, 6) is -0.329. The zero-order chi connectivity index (χ0) is 14.5. The van der Waals surface area contributed by atoms with Crippen LogP contribution in [0.1, 0.15) is 15.9 Å². The number of esters is 1. The first-order valence-corrected chi connectivity index (χ1v) is 7.13. The molecule has 0 saturated heterocycles. The molecule has 20 heavy (non-hydrogen) atoms. The Morgan fingerprint density at radius 2 is 1.95 bits per heavy atom. The lowest BCUT2D eigenvalue weighted by Gasteiger charge is -2.08. The highest BCUT2D eigenvalue weighted by atomic mass is 79.9. The molecule has 104 valence electrons. The number of rotatable bonds is 4. The fourth-order valence-electron chi connectivity index (χ4n) is 1.69. The van der Waals surface area contributed by atoms with Crippen molar-refractivity contribution in [1.29, 1.82) is 0 Å². The van der Waals surface area contributed by atoms with Crippen LogP contribution in [0.5, 0.6) is 0 Å². The van der Waals surface area contributed by atoms with Gasteiger partial charge in [-0.2, -0.15) is 0 Å². The van der Waals surface area contributed by atoms with Crippen LogP contribution in [-0.2, 0) is 11.3 Å². The third kappa shape index (κ3) is 3.74. The average Bonchev–Trinajstić information content (AvgIpc) is 2.48. The largest absolute Gasteiger partial charge is 0.465 e. The summed E-state index contributed by atoms with van der Waals surface area (Å²) in [7, 11) is 1.37. The highest BCUT2D eigenvalue weighted by Gasteiger charge is 2.04. The van der Waals surface area contributed by atoms with Crippen molar-refractivity contribution in [2.75, 3.05) is 12.4 Å². The van der Waals surface area contributed by atoms with Gasteiger partial charge in [0.05, 0.1) is 17.7 Å². The van der Waals surface area contributed by atoms with Gasteiger partial charge in [0.2, 0.25) is 0 Å². The van der Waals surface area contributed by atoms with Crippen molar-refractivity contribution in [2.24, 2.45) is 0 Å². The molecule has 5 heteroatoms. The van der Waals surface area contributed by atoms with E-state index in [1.165, 1.54) is 7.11 Å². The number of ether oxygens (including phenoxy) is 1. The monoisotopic (exact) mass is 353 g/mol. The predicted molar refractivity (Wildman–Crippen MR) is 84.3 cm³/mol. The first-order valence-electron chi connectivity index (χ1n) is 5.96. The van der Waals surface area contributed by atoms with E-state index in [4.69, 9.17) is 11.6 Å². The minimum absolute atomic E-state index is 0.329. The summed E-state index contributed by atoms with van der Waals surface area (Å²) in [5.41, 5.74) is 2.55. The first kappa shape index (κ1) is 14.9. The fraction of sp³-hybridized carbons (Fsp3) is 0.133. The van der Waals surface area contributed by atoms with E-state index in [9.17, 15) is 4.79 Å². The maximum atomic E-state index is 11.3. The summed E-state index contributed by atoms with van der Waals surface area (Å²) >= 11 is 9.38. The van der Waals surface area contributed by atoms with E-state index in [2.05, 4.69) is 26.0 Å². The molecule has 0 bridgehead atoms. The van der Waals surface area contributed by atoms with Gasteiger partial charge in [0.15, 0.2) is 0 Å². The van der Waals surface area contributed by atoms with Crippen LogP contribution in [0.2, 0.25) is 5.02 Å². The second-order valence-electron chi connectivity index (χ2n) is 4.17. The van der Waals surface area contributed by atoms with Gasteiger partial charge in [0.1, 0.15) is 0 Å². The van der Waals surface area contributed by atoms with E-state index in [0.717, 1.165) is 15.7 Å². The number of halogens is 2. The molecule has 0 aliphatic rings. The minimum atomic E-state index is -0.329. The molecule has 0 unspecified atom stereocenters. The lowest BCUT2D eigenvalue weighted by molar-refractivity contribution is 0.0600. The van der Waals surface area contributed by atoms with Crippen molar-refractivity contribution >= 4 is 39.2 Å². The summed E-state index contributed by atoms with van der Waals surface area (Å²) in [5, 5.41) is 3.93. The van der Waals surface area contributed by atoms with Crippen molar-refractivity contribution in [3.8, 4) is 0 Å². The Hall–Kier alpha value is -1.52. The number of anilines is 1. The molecule has 0 heterocycles. The van der Waals surface area contributed by atoms with Crippen LogP contribution >= 0.6 is 27.5 Å². The Kier molecular flexibility index (Phi) is 5.04. The van der Waals surface area contributed by atoms with Crippen molar-refractivity contribution in [2.45, 2.75) is 6.54 Å². The predicted octanol–water partition coefficient (Wildman–Crippen LogP) is 4.50. The molecule has 0 aromatic heterocycles. The van der Waals surface area contributed by atoms with E-state index >= 15 is 0 Å². The third-order valence-corrected chi connectivity index (χ3v) is 4.02. The first-order chi connectivity index (χ1) is 9.60. The molecular formula is C15H13BrClNO2. The average molecular weight is 355 g/mol. The van der Waals surface area contributed by atoms with Gasteiger partial charge in [0.25, 0.3) is 0 Å². The molecule has 0 fully saturated rings. The normalized spacial score (nSPS) is 10.2. The molecule has 0 aliphatic heterocycles. The smallest absolute Gasteiger partial charge is 0.337 e. The van der Waals surface area contributed by atoms with Gasteiger partial charge >= 0.3 is 5.97 Å². The molecule has 2 aromatic rings. The van der Waals surface area contributed by atoms with Crippen LogP contribution in [0.4, 0.5) is 5.69 Å². The Morgan fingerprint density at radius 1 is 1.25 bits per heavy atom. The van der Waals surface area contributed by atoms with Gasteiger partial charge < -0.3 is 10.1 Å². The molecule has 2 rings (SSSR count). The quantitative estimate of drug-likeness (QED) is 0.822. The molecule has 0 saturated carbocycles. The van der Waals surface area contributed by atoms with Crippen LogP contribution in [0.3, 0.4) is 0 Å². The number of nitrogens with one attached hydrogen (secondary N) is 1. The maximum Gasteiger partial charge on any atom is 0.337 e. The molecule has 1 N–H and O–H groups in total. The fourth-order valence-corrected chi connectivity index (χ4v) is 2.11. The standard InChI is InChI=1S/C15H13BrClNO2/c1-20-15(19)11-4-2-10(3-5-11)9-18-12-6-7-13(16)14(17)8-12/h2-8,18H,9H2,1H3. The van der Waals surface area contributed by atoms with Crippen molar-refractivity contribution in [3.63, 3.8) is 0 Å². The highest BCUT2D eigenvalue weighted by Crippen LogP contribution is 2.25. The molecule has 0 radical (unpaired) electrons. The number of carbonyl (C=O) groups excluding carboxylic acids is 1. The summed E-state index contributed by atoms with van der Waals surface area (Å²) < 4.78 is 5.52. The summed E-state index contributed by atoms with van der Waals surface area (Å²) in [6.07, 6.45) is 0. The van der Waals surface area contributed by atoms with Gasteiger partial charge in [-0.25, -0.2) is 4.79 Å². The molecule has 0 atom stereocenters. The Labute approximate surface area is 131 Å². The van der Waals surface area contributed by atoms with E-state index in [0.29, 0.717) is 17.1 Å². The number of benzene rings is 2. The van der Waals surface area contributed by atoms with Crippen molar-refractivity contribution in [1.82, 2.24) is 0 Å². The van der Waals surface area contributed by atoms with Crippen molar-refractivity contribution < 1.29 is 9.53 Å². The second kappa shape index (κ2) is 6.77. The molecule has 2 aromatic carbocycles. The maximum absolute atomic E-state index is 11.3. The van der Waals surface area contributed by atoms with Gasteiger partial charge in [0, 0.05) is 16.7 Å². The van der Waals surface area contributed by atoms with E-state index in [-0.39, 0.29) is 5.97 Å². The van der Waals surface area contributed by atoms with Crippen LogP contribution in [0.25, 0.3) is 0 Å². The Bertz CT molecular complexity index is 614. The molecular weight excluding hydrogens is 342 g/mol. The number of methoxy groups -OCH3 is 1. The van der Waals surface area contributed by atoms with Crippen LogP contribution < -0.4 is 5.32 Å². The summed E-state index contributed by atoms with van der Waals surface area (Å²) in [4.78, 5) is 11.3. The number of hydrogen-bond donors (Lipinski definition) is 1. The van der Waals surface area contributed by atoms with Crippen molar-refractivity contribution in [3.05, 3.63) is 63.1 Å². The van der Waals surface area contributed by atoms with Gasteiger partial charge in [-0.05, 0) is 51.8 Å². The minimum Gasteiger partial charge on any atom is -0.465 e. The molecule has 0 spiro atoms. The Morgan fingerprint density at radius 3 is 2.55 bits per heavy atom. The van der Waals surface area contributed by atoms with Gasteiger partial charge in [-0.3, -0.25) is 0 Å². The zero-order valence-corrected chi connectivity index (χ0v) is 13.2. The highest BCUT2D eigenvalue weighted by molar-refractivity contribution is 9.10. The second-order valence-corrected chi connectivity index (χ2v) is 5.43.